The predicted molar refractivity (Wildman–Crippen MR) is 228 cm³/mol. The number of hydrogen-bond acceptors (Lipinski definition) is 8. The van der Waals surface area contributed by atoms with E-state index in [-0.39, 0.29) is 23.2 Å². The number of hydrogen-bond donors (Lipinski definition) is 0. The Labute approximate surface area is 336 Å². The van der Waals surface area contributed by atoms with Gasteiger partial charge in [-0.15, -0.1) is 0 Å². The fourth-order valence-corrected chi connectivity index (χ4v) is 8.22. The summed E-state index contributed by atoms with van der Waals surface area (Å²) >= 11 is 0. The molecule has 0 N–H and O–H groups in total. The predicted octanol–water partition coefficient (Wildman–Crippen LogP) is 6.98. The lowest BCUT2D eigenvalue weighted by Crippen LogP contribution is -2.36. The summed E-state index contributed by atoms with van der Waals surface area (Å²) in [6, 6.07) is 39.5. The van der Waals surface area contributed by atoms with Crippen molar-refractivity contribution in [3.63, 3.8) is 0 Å². The third kappa shape index (κ3) is 7.39. The summed E-state index contributed by atoms with van der Waals surface area (Å²) in [4.78, 5) is 29.8. The monoisotopic (exact) mass is 770 g/mol. The summed E-state index contributed by atoms with van der Waals surface area (Å²) in [7, 11) is 4.24. The quantitative estimate of drug-likeness (QED) is 0.178. The molecule has 0 aliphatic carbocycles. The molecule has 2 aromatic carbocycles. The van der Waals surface area contributed by atoms with E-state index in [2.05, 4.69) is 48.2 Å². The van der Waals surface area contributed by atoms with Gasteiger partial charge < -0.3 is 9.80 Å². The van der Waals surface area contributed by atoms with Gasteiger partial charge in [0.2, 0.25) is 0 Å². The number of aromatic nitrogens is 8. The van der Waals surface area contributed by atoms with Crippen LogP contribution in [0.1, 0.15) is 37.8 Å². The molecule has 2 fully saturated rings. The van der Waals surface area contributed by atoms with Gasteiger partial charge in [-0.3, -0.25) is 9.59 Å². The van der Waals surface area contributed by atoms with E-state index in [1.807, 2.05) is 106 Å². The molecule has 8 heterocycles. The first-order chi connectivity index (χ1) is 28.4. The summed E-state index contributed by atoms with van der Waals surface area (Å²) in [6.45, 7) is 3.92. The molecule has 12 nitrogen and oxygen atoms in total. The molecule has 0 atom stereocenters. The third-order valence-electron chi connectivity index (χ3n) is 11.4. The van der Waals surface area contributed by atoms with Crippen LogP contribution in [0.15, 0.2) is 143 Å². The smallest absolute Gasteiger partial charge is 0.267 e. The van der Waals surface area contributed by atoms with Gasteiger partial charge in [-0.05, 0) is 102 Å². The van der Waals surface area contributed by atoms with Gasteiger partial charge in [-0.2, -0.15) is 20.4 Å². The highest BCUT2D eigenvalue weighted by Gasteiger charge is 2.25. The van der Waals surface area contributed by atoms with E-state index < -0.39 is 0 Å². The minimum atomic E-state index is -0.0407. The lowest BCUT2D eigenvalue weighted by atomic mass is 10.0. The molecule has 2 aliphatic rings. The van der Waals surface area contributed by atoms with E-state index in [1.54, 1.807) is 21.5 Å². The zero-order chi connectivity index (χ0) is 39.6. The normalized spacial score (nSPS) is 15.8. The maximum Gasteiger partial charge on any atom is 0.267 e. The van der Waals surface area contributed by atoms with Gasteiger partial charge >= 0.3 is 0 Å². The lowest BCUT2D eigenvalue weighted by Gasteiger charge is -2.29. The second-order valence-electron chi connectivity index (χ2n) is 15.3. The highest BCUT2D eigenvalue weighted by Crippen LogP contribution is 2.35. The van der Waals surface area contributed by atoms with Crippen LogP contribution in [0.25, 0.3) is 56.1 Å². The van der Waals surface area contributed by atoms with Crippen molar-refractivity contribution < 1.29 is 0 Å². The lowest BCUT2D eigenvalue weighted by molar-refractivity contribution is 0.208. The highest BCUT2D eigenvalue weighted by molar-refractivity contribution is 5.91. The molecule has 58 heavy (non-hydrogen) atoms. The topological polar surface area (TPSA) is 111 Å². The molecule has 0 unspecified atom stereocenters. The summed E-state index contributed by atoms with van der Waals surface area (Å²) in [5.41, 5.74) is 9.16. The van der Waals surface area contributed by atoms with Crippen LogP contribution in [-0.2, 0) is 0 Å². The van der Waals surface area contributed by atoms with Crippen LogP contribution < -0.4 is 11.1 Å². The van der Waals surface area contributed by atoms with E-state index >= 15 is 0 Å². The van der Waals surface area contributed by atoms with Crippen molar-refractivity contribution in [2.24, 2.45) is 0 Å². The minimum absolute atomic E-state index is 0.0407. The Kier molecular flexibility index (Phi) is 10.3. The van der Waals surface area contributed by atoms with Crippen LogP contribution in [-0.4, -0.2) is 88.9 Å². The Balaban J connectivity index is 0.000000150. The van der Waals surface area contributed by atoms with Crippen molar-refractivity contribution in [2.45, 2.75) is 37.8 Å². The Morgan fingerprint density at radius 3 is 1.22 bits per heavy atom. The number of piperidine rings is 2. The molecule has 8 aromatic rings. The molecule has 10 rings (SSSR count). The molecule has 2 aliphatic heterocycles. The second kappa shape index (κ2) is 16.2. The van der Waals surface area contributed by atoms with Gasteiger partial charge in [0.25, 0.3) is 11.1 Å². The molecular weight excluding hydrogens is 725 g/mol. The van der Waals surface area contributed by atoms with Gasteiger partial charge in [-0.1, -0.05) is 72.8 Å². The van der Waals surface area contributed by atoms with Crippen LogP contribution in [0.5, 0.6) is 0 Å². The first-order valence-corrected chi connectivity index (χ1v) is 20.0. The van der Waals surface area contributed by atoms with Gasteiger partial charge in [0.05, 0.1) is 45.6 Å². The van der Waals surface area contributed by atoms with E-state index in [4.69, 9.17) is 20.4 Å². The summed E-state index contributed by atoms with van der Waals surface area (Å²) in [6.07, 6.45) is 7.64. The third-order valence-corrected chi connectivity index (χ3v) is 11.4. The molecule has 6 aromatic heterocycles. The first-order valence-electron chi connectivity index (χ1n) is 20.0. The molecule has 0 spiro atoms. The molecule has 0 radical (unpaired) electrons. The van der Waals surface area contributed by atoms with Crippen LogP contribution >= 0.6 is 0 Å². The van der Waals surface area contributed by atoms with Crippen LogP contribution in [0.2, 0.25) is 0 Å². The molecular formula is C46H46N10O2. The maximum absolute atomic E-state index is 12.6. The van der Waals surface area contributed by atoms with E-state index in [9.17, 15) is 9.59 Å². The molecule has 12 heteroatoms. The summed E-state index contributed by atoms with van der Waals surface area (Å²) in [5, 5.41) is 19.3. The molecule has 0 amide bonds. The highest BCUT2D eigenvalue weighted by atomic mass is 16.1. The van der Waals surface area contributed by atoms with Crippen molar-refractivity contribution >= 4 is 11.0 Å². The second-order valence-corrected chi connectivity index (χ2v) is 15.3. The van der Waals surface area contributed by atoms with E-state index in [0.29, 0.717) is 0 Å². The average molecular weight is 771 g/mol. The van der Waals surface area contributed by atoms with Crippen molar-refractivity contribution in [1.82, 2.24) is 48.6 Å². The van der Waals surface area contributed by atoms with Crippen LogP contribution in [0, 0.1) is 0 Å². The number of pyridine rings is 2. The molecule has 0 saturated carbocycles. The first kappa shape index (κ1) is 37.1. The number of fused-ring (bicyclic) bond motifs is 2. The van der Waals surface area contributed by atoms with Crippen molar-refractivity contribution in [3.8, 4) is 45.0 Å². The zero-order valence-electron chi connectivity index (χ0n) is 32.8. The molecule has 0 bridgehead atoms. The molecule has 292 valence electrons. The fourth-order valence-electron chi connectivity index (χ4n) is 8.22. The number of nitrogens with zero attached hydrogens (tertiary/aromatic N) is 10. The maximum atomic E-state index is 12.6. The fraction of sp³-hybridized carbons (Fsp3) is 0.261. The van der Waals surface area contributed by atoms with E-state index in [1.165, 1.54) is 0 Å². The Morgan fingerprint density at radius 2 is 0.828 bits per heavy atom. The van der Waals surface area contributed by atoms with Gasteiger partial charge in [0.15, 0.2) is 0 Å². The SMILES string of the molecule is CN1CCC(n2nc(-c3c(-c4ccccc4)nn4ccccc34)ccc2=O)CC1.CN1CCC(n2nc(-c3c(-c4ccccc4)nn4ccccc34)ccc2=O)CC1. The van der Waals surface area contributed by atoms with Crippen LogP contribution in [0.4, 0.5) is 0 Å². The van der Waals surface area contributed by atoms with E-state index in [0.717, 1.165) is 108 Å². The summed E-state index contributed by atoms with van der Waals surface area (Å²) in [5.74, 6) is 0. The largest absolute Gasteiger partial charge is 0.306 e. The number of rotatable bonds is 6. The Hall–Kier alpha value is -6.50. The summed E-state index contributed by atoms with van der Waals surface area (Å²) < 4.78 is 7.13. The van der Waals surface area contributed by atoms with Crippen molar-refractivity contribution in [3.05, 3.63) is 154 Å². The van der Waals surface area contributed by atoms with Crippen LogP contribution in [0.3, 0.4) is 0 Å². The van der Waals surface area contributed by atoms with Crippen molar-refractivity contribution in [2.75, 3.05) is 40.3 Å². The minimum Gasteiger partial charge on any atom is -0.306 e. The number of benzene rings is 2. The molecule has 2 saturated heterocycles. The zero-order valence-corrected chi connectivity index (χ0v) is 32.8. The van der Waals surface area contributed by atoms with Gasteiger partial charge in [0.1, 0.15) is 11.4 Å². The van der Waals surface area contributed by atoms with Gasteiger partial charge in [0, 0.05) is 35.7 Å². The average Bonchev–Trinajstić information content (AvgIpc) is 3.86. The van der Waals surface area contributed by atoms with Gasteiger partial charge in [-0.25, -0.2) is 18.4 Å². The standard InChI is InChI=1S/2C23H23N5O/c2*1-26-15-12-18(13-16-26)28-21(29)11-10-19(24-28)22-20-9-5-6-14-27(20)25-23(22)17-7-3-2-4-8-17/h2*2-11,14,18H,12-13,15-16H2,1H3. The Bertz CT molecular complexity index is 2600. The number of likely N-dealkylation sites (tertiary alicyclic amines) is 2. The Morgan fingerprint density at radius 1 is 0.448 bits per heavy atom. The van der Waals surface area contributed by atoms with Crippen molar-refractivity contribution in [1.29, 1.82) is 0 Å².